The van der Waals surface area contributed by atoms with Gasteiger partial charge in [0.2, 0.25) is 0 Å². The van der Waals surface area contributed by atoms with Crippen LogP contribution in [0.4, 0.5) is 0 Å². The fourth-order valence-corrected chi connectivity index (χ4v) is 1.28. The topological polar surface area (TPSA) is 20.2 Å². The van der Waals surface area contributed by atoms with E-state index in [1.54, 1.807) is 24.3 Å². The Morgan fingerprint density at radius 1 is 0.933 bits per heavy atom. The van der Waals surface area contributed by atoms with E-state index in [9.17, 15) is 0 Å². The van der Waals surface area contributed by atoms with Crippen LogP contribution in [0.15, 0.2) is 54.6 Å². The van der Waals surface area contributed by atoms with Crippen LogP contribution in [0.2, 0.25) is 5.02 Å². The third-order valence-electron chi connectivity index (χ3n) is 1.74. The van der Waals surface area contributed by atoms with Crippen LogP contribution in [0.5, 0.6) is 5.75 Å². The van der Waals surface area contributed by atoms with Crippen molar-refractivity contribution in [1.29, 1.82) is 0 Å². The van der Waals surface area contributed by atoms with Gasteiger partial charge in [-0.2, -0.15) is 0 Å². The van der Waals surface area contributed by atoms with Crippen LogP contribution in [0, 0.1) is 6.92 Å². The van der Waals surface area contributed by atoms with Crippen LogP contribution < -0.4 is 0 Å². The van der Waals surface area contributed by atoms with Crippen LogP contribution in [0.25, 0.3) is 0 Å². The second kappa shape index (κ2) is 6.10. The summed E-state index contributed by atoms with van der Waals surface area (Å²) in [6, 6.07) is 16.5. The van der Waals surface area contributed by atoms with Crippen molar-refractivity contribution in [3.05, 3.63) is 65.2 Å². The number of halogens is 1. The van der Waals surface area contributed by atoms with E-state index in [1.165, 1.54) is 5.56 Å². The number of phenols is 1. The van der Waals surface area contributed by atoms with Gasteiger partial charge in [-0.1, -0.05) is 41.9 Å². The maximum Gasteiger partial charge on any atom is 0.115 e. The SMILES string of the molecule is Cc1cccc(Cl)c1.Oc1ccccc1. The van der Waals surface area contributed by atoms with Crippen molar-refractivity contribution in [3.63, 3.8) is 0 Å². The smallest absolute Gasteiger partial charge is 0.115 e. The highest BCUT2D eigenvalue weighted by Gasteiger charge is 1.82. The molecule has 2 aromatic rings. The van der Waals surface area contributed by atoms with Gasteiger partial charge in [-0.05, 0) is 36.8 Å². The number of hydrogen-bond donors (Lipinski definition) is 1. The summed E-state index contributed by atoms with van der Waals surface area (Å²) in [5, 5.41) is 9.44. The third kappa shape index (κ3) is 5.08. The van der Waals surface area contributed by atoms with E-state index >= 15 is 0 Å². The Hall–Kier alpha value is -1.47. The predicted octanol–water partition coefficient (Wildman–Crippen LogP) is 4.04. The van der Waals surface area contributed by atoms with Gasteiger partial charge < -0.3 is 5.11 Å². The quantitative estimate of drug-likeness (QED) is 0.711. The van der Waals surface area contributed by atoms with Gasteiger partial charge in [-0.25, -0.2) is 0 Å². The van der Waals surface area contributed by atoms with Crippen molar-refractivity contribution in [2.24, 2.45) is 0 Å². The first-order chi connectivity index (χ1) is 7.18. The Morgan fingerprint density at radius 2 is 1.60 bits per heavy atom. The van der Waals surface area contributed by atoms with Gasteiger partial charge >= 0.3 is 0 Å². The monoisotopic (exact) mass is 220 g/mol. The molecule has 0 aliphatic heterocycles. The highest BCUT2D eigenvalue weighted by Crippen LogP contribution is 2.08. The fourth-order valence-electron chi connectivity index (χ4n) is 1.03. The normalized spacial score (nSPS) is 8.93. The van der Waals surface area contributed by atoms with Crippen LogP contribution in [0.1, 0.15) is 5.56 Å². The summed E-state index contributed by atoms with van der Waals surface area (Å²) in [7, 11) is 0. The lowest BCUT2D eigenvalue weighted by Crippen LogP contribution is -1.66. The van der Waals surface area contributed by atoms with Crippen molar-refractivity contribution < 1.29 is 5.11 Å². The molecule has 2 heteroatoms. The first-order valence-corrected chi connectivity index (χ1v) is 5.02. The molecule has 0 spiro atoms. The maximum atomic E-state index is 8.63. The second-order valence-corrected chi connectivity index (χ2v) is 3.57. The molecule has 78 valence electrons. The predicted molar refractivity (Wildman–Crippen MR) is 64.3 cm³/mol. The Labute approximate surface area is 95.0 Å². The highest BCUT2D eigenvalue weighted by molar-refractivity contribution is 6.30. The van der Waals surface area contributed by atoms with E-state index in [4.69, 9.17) is 16.7 Å². The molecular formula is C13H13ClO. The van der Waals surface area contributed by atoms with Crippen LogP contribution in [-0.2, 0) is 0 Å². The van der Waals surface area contributed by atoms with Gasteiger partial charge in [-0.15, -0.1) is 0 Å². The average molecular weight is 221 g/mol. The zero-order valence-corrected chi connectivity index (χ0v) is 9.28. The summed E-state index contributed by atoms with van der Waals surface area (Å²) in [5.41, 5.74) is 1.21. The van der Waals surface area contributed by atoms with Crippen molar-refractivity contribution in [2.75, 3.05) is 0 Å². The van der Waals surface area contributed by atoms with Crippen molar-refractivity contribution in [3.8, 4) is 5.75 Å². The lowest BCUT2D eigenvalue weighted by molar-refractivity contribution is 0.475. The Kier molecular flexibility index (Phi) is 4.72. The van der Waals surface area contributed by atoms with Gasteiger partial charge in [0.15, 0.2) is 0 Å². The van der Waals surface area contributed by atoms with E-state index in [-0.39, 0.29) is 0 Å². The molecule has 0 bridgehead atoms. The summed E-state index contributed by atoms with van der Waals surface area (Å²) < 4.78 is 0. The van der Waals surface area contributed by atoms with Gasteiger partial charge in [0.25, 0.3) is 0 Å². The Morgan fingerprint density at radius 3 is 1.93 bits per heavy atom. The Balaban J connectivity index is 0.000000151. The van der Waals surface area contributed by atoms with Gasteiger partial charge in [0, 0.05) is 5.02 Å². The molecule has 0 atom stereocenters. The van der Waals surface area contributed by atoms with Gasteiger partial charge in [0.05, 0.1) is 0 Å². The van der Waals surface area contributed by atoms with Crippen LogP contribution >= 0.6 is 11.6 Å². The Bertz CT molecular complexity index is 381. The molecule has 1 N–H and O–H groups in total. The maximum absolute atomic E-state index is 8.63. The largest absolute Gasteiger partial charge is 0.508 e. The second-order valence-electron chi connectivity index (χ2n) is 3.13. The highest BCUT2D eigenvalue weighted by atomic mass is 35.5. The molecule has 0 saturated heterocycles. The number of rotatable bonds is 0. The molecule has 0 unspecified atom stereocenters. The minimum atomic E-state index is 0.322. The summed E-state index contributed by atoms with van der Waals surface area (Å²) in [6.07, 6.45) is 0. The van der Waals surface area contributed by atoms with E-state index < -0.39 is 0 Å². The number of aryl methyl sites for hydroxylation is 1. The molecule has 0 radical (unpaired) electrons. The van der Waals surface area contributed by atoms with E-state index in [0.717, 1.165) is 5.02 Å². The van der Waals surface area contributed by atoms with Crippen molar-refractivity contribution in [1.82, 2.24) is 0 Å². The number of aromatic hydroxyl groups is 1. The zero-order chi connectivity index (χ0) is 11.1. The molecule has 2 aromatic carbocycles. The average Bonchev–Trinajstić information content (AvgIpc) is 2.19. The van der Waals surface area contributed by atoms with E-state index in [1.807, 2.05) is 37.3 Å². The number of benzene rings is 2. The van der Waals surface area contributed by atoms with E-state index in [2.05, 4.69) is 0 Å². The van der Waals surface area contributed by atoms with Crippen molar-refractivity contribution in [2.45, 2.75) is 6.92 Å². The molecule has 0 amide bonds. The number of phenolic OH excluding ortho intramolecular Hbond substituents is 1. The van der Waals surface area contributed by atoms with Crippen LogP contribution in [-0.4, -0.2) is 5.11 Å². The lowest BCUT2D eigenvalue weighted by atomic mass is 10.2. The summed E-state index contributed by atoms with van der Waals surface area (Å²) in [4.78, 5) is 0. The minimum absolute atomic E-state index is 0.322. The number of hydrogen-bond acceptors (Lipinski definition) is 1. The molecule has 15 heavy (non-hydrogen) atoms. The molecule has 0 aliphatic carbocycles. The first kappa shape index (κ1) is 11.6. The number of para-hydroxylation sites is 1. The first-order valence-electron chi connectivity index (χ1n) is 4.64. The standard InChI is InChI=1S/C7H7Cl.C6H6O/c1-6-3-2-4-7(8)5-6;7-6-4-2-1-3-5-6/h2-5H,1H3;1-5,7H. The minimum Gasteiger partial charge on any atom is -0.508 e. The molecule has 0 saturated carbocycles. The van der Waals surface area contributed by atoms with Gasteiger partial charge in [-0.3, -0.25) is 0 Å². The fraction of sp³-hybridized carbons (Fsp3) is 0.0769. The third-order valence-corrected chi connectivity index (χ3v) is 1.97. The van der Waals surface area contributed by atoms with Gasteiger partial charge in [0.1, 0.15) is 5.75 Å². The molecule has 0 aliphatic rings. The lowest BCUT2D eigenvalue weighted by Gasteiger charge is -1.88. The molecule has 2 rings (SSSR count). The molecule has 0 aromatic heterocycles. The summed E-state index contributed by atoms with van der Waals surface area (Å²) in [5.74, 6) is 0.322. The van der Waals surface area contributed by atoms with Crippen LogP contribution in [0.3, 0.4) is 0 Å². The molecule has 0 fully saturated rings. The summed E-state index contributed by atoms with van der Waals surface area (Å²) >= 11 is 5.64. The zero-order valence-electron chi connectivity index (χ0n) is 8.52. The molecule has 1 nitrogen and oxygen atoms in total. The van der Waals surface area contributed by atoms with Crippen molar-refractivity contribution >= 4 is 11.6 Å². The molecule has 0 heterocycles. The summed E-state index contributed by atoms with van der Waals surface area (Å²) in [6.45, 7) is 2.02. The van der Waals surface area contributed by atoms with E-state index in [0.29, 0.717) is 5.75 Å². The molecular weight excluding hydrogens is 208 g/mol.